The summed E-state index contributed by atoms with van der Waals surface area (Å²) in [5, 5.41) is 2.10. The van der Waals surface area contributed by atoms with Crippen molar-refractivity contribution < 1.29 is 14.3 Å². The largest absolute Gasteiger partial charge is 0.464 e. The van der Waals surface area contributed by atoms with Gasteiger partial charge in [-0.25, -0.2) is 9.79 Å². The number of nitrogens with zero attached hydrogens (tertiary/aromatic N) is 3. The van der Waals surface area contributed by atoms with Crippen molar-refractivity contribution in [3.05, 3.63) is 80.3 Å². The quantitative estimate of drug-likeness (QED) is 0.307. The van der Waals surface area contributed by atoms with Crippen LogP contribution in [0, 0.1) is 5.92 Å². The second kappa shape index (κ2) is 10.5. The molecule has 1 saturated carbocycles. The number of carbonyl (C=O) groups excluding carboxylic acids is 2. The van der Waals surface area contributed by atoms with E-state index in [0.717, 1.165) is 22.0 Å². The number of likely N-dealkylation sites (N-methyl/N-ethyl adjacent to an activating group) is 1. The molecule has 2 heterocycles. The summed E-state index contributed by atoms with van der Waals surface area (Å²) in [4.78, 5) is 36.9. The summed E-state index contributed by atoms with van der Waals surface area (Å²) < 4.78 is 5.37. The van der Waals surface area contributed by atoms with Crippen LogP contribution in [0.15, 0.2) is 64.1 Å². The van der Waals surface area contributed by atoms with E-state index >= 15 is 0 Å². The monoisotopic (exact) mass is 585 g/mol. The molecule has 2 aromatic rings. The lowest BCUT2D eigenvalue weighted by molar-refractivity contribution is -0.155. The summed E-state index contributed by atoms with van der Waals surface area (Å²) in [6.07, 6.45) is 1.24. The number of thioether (sulfide) groups is 1. The topological polar surface area (TPSA) is 62.2 Å². The lowest BCUT2D eigenvalue weighted by Gasteiger charge is -2.37. The smallest absolute Gasteiger partial charge is 0.332 e. The number of aliphatic imine (C=N–C) groups is 1. The number of allylic oxidation sites excluding steroid dienone is 1. The molecule has 39 heavy (non-hydrogen) atoms. The van der Waals surface area contributed by atoms with Gasteiger partial charge in [0.25, 0.3) is 5.91 Å². The van der Waals surface area contributed by atoms with Crippen molar-refractivity contribution in [1.82, 2.24) is 9.80 Å². The molecule has 0 spiro atoms. The van der Waals surface area contributed by atoms with E-state index < -0.39 is 11.1 Å². The third kappa shape index (κ3) is 4.66. The number of hydrogen-bond acceptors (Lipinski definition) is 6. The number of rotatable bonds is 8. The van der Waals surface area contributed by atoms with Gasteiger partial charge in [-0.05, 0) is 86.7 Å². The number of hydrogen-bond donors (Lipinski definition) is 0. The Morgan fingerprint density at radius 2 is 1.67 bits per heavy atom. The van der Waals surface area contributed by atoms with Crippen molar-refractivity contribution in [3.8, 4) is 0 Å². The highest BCUT2D eigenvalue weighted by Gasteiger charge is 2.59. The third-order valence-corrected chi connectivity index (χ3v) is 9.39. The van der Waals surface area contributed by atoms with Gasteiger partial charge in [-0.1, -0.05) is 61.3 Å². The summed E-state index contributed by atoms with van der Waals surface area (Å²) in [6.45, 7) is 10.7. The van der Waals surface area contributed by atoms with Crippen LogP contribution < -0.4 is 0 Å². The zero-order valence-electron chi connectivity index (χ0n) is 22.8. The van der Waals surface area contributed by atoms with Gasteiger partial charge < -0.3 is 14.5 Å². The maximum Gasteiger partial charge on any atom is 0.332 e. The summed E-state index contributed by atoms with van der Waals surface area (Å²) in [5.41, 5.74) is 1.47. The normalized spacial score (nSPS) is 23.1. The van der Waals surface area contributed by atoms with E-state index in [9.17, 15) is 9.59 Å². The Balaban J connectivity index is 1.61. The second-order valence-electron chi connectivity index (χ2n) is 10.6. The van der Waals surface area contributed by atoms with Gasteiger partial charge in [0, 0.05) is 22.3 Å². The van der Waals surface area contributed by atoms with Crippen LogP contribution in [-0.4, -0.2) is 45.5 Å². The van der Waals surface area contributed by atoms with Crippen molar-refractivity contribution in [2.75, 3.05) is 13.2 Å². The van der Waals surface area contributed by atoms with E-state index in [1.165, 1.54) is 11.8 Å². The first-order valence-electron chi connectivity index (χ1n) is 13.4. The van der Waals surface area contributed by atoms with Crippen LogP contribution in [0.5, 0.6) is 0 Å². The van der Waals surface area contributed by atoms with E-state index in [4.69, 9.17) is 32.9 Å². The second-order valence-corrected chi connectivity index (χ2v) is 12.5. The number of amides is 1. The molecule has 3 aliphatic rings. The van der Waals surface area contributed by atoms with Crippen LogP contribution >= 0.6 is 35.0 Å². The molecule has 206 valence electrons. The number of benzene rings is 2. The number of fused-ring (bicyclic) bond motifs is 1. The molecule has 2 atom stereocenters. The molecule has 0 bridgehead atoms. The molecular formula is C30H33Cl2N3O3S. The van der Waals surface area contributed by atoms with Gasteiger partial charge in [-0.15, -0.1) is 0 Å². The average Bonchev–Trinajstić information content (AvgIpc) is 3.54. The SMILES string of the molecule is CCOC(=O)C1(N(CC)C(=O)C2=C(C(C)C)N3C(=N[C@@](C)(c4ccc(Cl)cc4)[C@H]3c3ccc(Cl)cc3)S2)CC1. The van der Waals surface area contributed by atoms with Gasteiger partial charge >= 0.3 is 5.97 Å². The molecule has 0 unspecified atom stereocenters. The molecule has 2 aliphatic heterocycles. The molecule has 5 rings (SSSR count). The van der Waals surface area contributed by atoms with Crippen LogP contribution in [0.2, 0.25) is 10.0 Å². The van der Waals surface area contributed by atoms with E-state index in [-0.39, 0.29) is 30.4 Å². The molecule has 0 radical (unpaired) electrons. The zero-order valence-corrected chi connectivity index (χ0v) is 25.2. The molecule has 2 aromatic carbocycles. The molecule has 0 saturated heterocycles. The Morgan fingerprint density at radius 1 is 1.08 bits per heavy atom. The van der Waals surface area contributed by atoms with E-state index in [1.807, 2.05) is 55.5 Å². The number of ether oxygens (including phenoxy) is 1. The Labute approximate surface area is 244 Å². The summed E-state index contributed by atoms with van der Waals surface area (Å²) in [7, 11) is 0. The van der Waals surface area contributed by atoms with Crippen molar-refractivity contribution >= 4 is 52.0 Å². The van der Waals surface area contributed by atoms with E-state index in [0.29, 0.717) is 34.3 Å². The van der Waals surface area contributed by atoms with E-state index in [2.05, 4.69) is 25.7 Å². The van der Waals surface area contributed by atoms with Gasteiger partial charge in [0.2, 0.25) is 0 Å². The summed E-state index contributed by atoms with van der Waals surface area (Å²) in [5.74, 6) is -0.429. The van der Waals surface area contributed by atoms with Crippen molar-refractivity contribution in [1.29, 1.82) is 0 Å². The van der Waals surface area contributed by atoms with Crippen LogP contribution in [0.4, 0.5) is 0 Å². The molecule has 0 N–H and O–H groups in total. The van der Waals surface area contributed by atoms with Gasteiger partial charge in [0.15, 0.2) is 5.17 Å². The predicted molar refractivity (Wildman–Crippen MR) is 158 cm³/mol. The molecule has 1 amide bonds. The first-order valence-corrected chi connectivity index (χ1v) is 15.0. The molecule has 9 heteroatoms. The minimum absolute atomic E-state index is 0.0305. The Bertz CT molecular complexity index is 1350. The summed E-state index contributed by atoms with van der Waals surface area (Å²) in [6, 6.07) is 15.4. The lowest BCUT2D eigenvalue weighted by Crippen LogP contribution is -2.48. The Morgan fingerprint density at radius 3 is 2.18 bits per heavy atom. The molecular weight excluding hydrogens is 553 g/mol. The predicted octanol–water partition coefficient (Wildman–Crippen LogP) is 7.18. The van der Waals surface area contributed by atoms with E-state index in [1.54, 1.807) is 11.8 Å². The minimum atomic E-state index is -0.875. The van der Waals surface area contributed by atoms with Crippen molar-refractivity contribution in [2.24, 2.45) is 10.9 Å². The third-order valence-electron chi connectivity index (χ3n) is 7.82. The van der Waals surface area contributed by atoms with Crippen molar-refractivity contribution in [2.45, 2.75) is 64.6 Å². The molecule has 0 aromatic heterocycles. The highest BCUT2D eigenvalue weighted by Crippen LogP contribution is 2.57. The van der Waals surface area contributed by atoms with Crippen LogP contribution in [0.1, 0.15) is 64.6 Å². The average molecular weight is 587 g/mol. The van der Waals surface area contributed by atoms with Gasteiger partial charge in [0.1, 0.15) is 16.0 Å². The number of carbonyl (C=O) groups is 2. The number of esters is 1. The maximum atomic E-state index is 14.2. The van der Waals surface area contributed by atoms with Crippen LogP contribution in [0.3, 0.4) is 0 Å². The lowest BCUT2D eigenvalue weighted by atomic mass is 9.81. The molecule has 6 nitrogen and oxygen atoms in total. The minimum Gasteiger partial charge on any atom is -0.464 e. The number of halogens is 2. The Hall–Kier alpha value is -2.48. The Kier molecular flexibility index (Phi) is 7.55. The maximum absolute atomic E-state index is 14.2. The molecule has 1 aliphatic carbocycles. The first kappa shape index (κ1) is 28.1. The highest BCUT2D eigenvalue weighted by molar-refractivity contribution is 8.18. The van der Waals surface area contributed by atoms with Gasteiger partial charge in [-0.2, -0.15) is 0 Å². The number of amidine groups is 1. The van der Waals surface area contributed by atoms with Gasteiger partial charge in [0.05, 0.1) is 12.6 Å². The zero-order chi connectivity index (χ0) is 28.1. The fourth-order valence-electron chi connectivity index (χ4n) is 5.80. The standard InChI is InChI=1S/C30H33Cl2N3O3S/c1-6-34(30(16-17-30)27(37)38-7-2)26(36)24-23(18(3)4)35-25(19-8-12-21(31)13-9-19)29(5,33-28(35)39-24)20-10-14-22(32)15-11-20/h8-15,18,25H,6-7,16-17H2,1-5H3/t25-,29+/m1/s1. The summed E-state index contributed by atoms with van der Waals surface area (Å²) >= 11 is 13.9. The highest BCUT2D eigenvalue weighted by atomic mass is 35.5. The fraction of sp³-hybridized carbons (Fsp3) is 0.433. The van der Waals surface area contributed by atoms with Gasteiger partial charge in [-0.3, -0.25) is 4.79 Å². The first-order chi connectivity index (χ1) is 18.6. The fourth-order valence-corrected chi connectivity index (χ4v) is 7.40. The molecule has 1 fully saturated rings. The van der Waals surface area contributed by atoms with Crippen LogP contribution in [0.25, 0.3) is 0 Å². The van der Waals surface area contributed by atoms with Crippen molar-refractivity contribution in [3.63, 3.8) is 0 Å². The van der Waals surface area contributed by atoms with Crippen LogP contribution in [-0.2, 0) is 19.9 Å².